The van der Waals surface area contributed by atoms with Crippen LogP contribution in [0, 0.1) is 19.3 Å². The SMILES string of the molecule is CCC(CC)N(CCO)c1nc(C)cc(C)c1C(=N)N. The average Bonchev–Trinajstić information content (AvgIpc) is 2.37. The second-order valence-electron chi connectivity index (χ2n) is 5.08. The topological polar surface area (TPSA) is 86.2 Å². The molecule has 0 unspecified atom stereocenters. The number of hydrogen-bond acceptors (Lipinski definition) is 4. The third kappa shape index (κ3) is 3.48. The second kappa shape index (κ2) is 7.24. The van der Waals surface area contributed by atoms with E-state index in [1.165, 1.54) is 0 Å². The Morgan fingerprint density at radius 3 is 2.45 bits per heavy atom. The minimum Gasteiger partial charge on any atom is -0.395 e. The van der Waals surface area contributed by atoms with E-state index < -0.39 is 0 Å². The number of aromatic nitrogens is 1. The van der Waals surface area contributed by atoms with E-state index in [1.54, 1.807) is 0 Å². The van der Waals surface area contributed by atoms with E-state index in [-0.39, 0.29) is 18.5 Å². The minimum absolute atomic E-state index is 0.0268. The molecule has 4 N–H and O–H groups in total. The number of hydrogen-bond donors (Lipinski definition) is 3. The molecule has 5 heteroatoms. The minimum atomic E-state index is 0.0268. The number of aliphatic hydroxyl groups is 1. The van der Waals surface area contributed by atoms with Crippen LogP contribution in [0.3, 0.4) is 0 Å². The third-order valence-corrected chi connectivity index (χ3v) is 3.59. The van der Waals surface area contributed by atoms with Crippen molar-refractivity contribution in [1.82, 2.24) is 4.98 Å². The predicted molar refractivity (Wildman–Crippen MR) is 83.5 cm³/mol. The lowest BCUT2D eigenvalue weighted by Crippen LogP contribution is -2.39. The molecule has 0 atom stereocenters. The molecule has 1 heterocycles. The lowest BCUT2D eigenvalue weighted by atomic mass is 10.0. The summed E-state index contributed by atoms with van der Waals surface area (Å²) in [7, 11) is 0. The van der Waals surface area contributed by atoms with Crippen LogP contribution >= 0.6 is 0 Å². The molecule has 1 aromatic rings. The van der Waals surface area contributed by atoms with Gasteiger partial charge in [-0.2, -0.15) is 0 Å². The van der Waals surface area contributed by atoms with E-state index >= 15 is 0 Å². The lowest BCUT2D eigenvalue weighted by Gasteiger charge is -2.33. The molecule has 0 saturated heterocycles. The van der Waals surface area contributed by atoms with Gasteiger partial charge in [0, 0.05) is 18.3 Å². The Bertz CT molecular complexity index is 469. The summed E-state index contributed by atoms with van der Waals surface area (Å²) in [6.07, 6.45) is 1.92. The molecule has 0 aliphatic carbocycles. The summed E-state index contributed by atoms with van der Waals surface area (Å²) in [5.74, 6) is 0.747. The van der Waals surface area contributed by atoms with Gasteiger partial charge in [-0.1, -0.05) is 13.8 Å². The number of nitrogens with one attached hydrogen (secondary N) is 1. The van der Waals surface area contributed by atoms with Crippen molar-refractivity contribution in [2.24, 2.45) is 5.73 Å². The largest absolute Gasteiger partial charge is 0.395 e. The Balaban J connectivity index is 3.41. The number of pyridine rings is 1. The highest BCUT2D eigenvalue weighted by molar-refractivity contribution is 6.01. The Morgan fingerprint density at radius 1 is 1.40 bits per heavy atom. The van der Waals surface area contributed by atoms with Crippen molar-refractivity contribution >= 4 is 11.7 Å². The van der Waals surface area contributed by atoms with Gasteiger partial charge in [0.15, 0.2) is 0 Å². The van der Waals surface area contributed by atoms with Crippen molar-refractivity contribution in [3.05, 3.63) is 22.9 Å². The zero-order chi connectivity index (χ0) is 15.3. The summed E-state index contributed by atoms with van der Waals surface area (Å²) in [5.41, 5.74) is 8.27. The van der Waals surface area contributed by atoms with E-state index in [4.69, 9.17) is 11.1 Å². The highest BCUT2D eigenvalue weighted by atomic mass is 16.3. The van der Waals surface area contributed by atoms with Crippen LogP contribution in [0.15, 0.2) is 6.07 Å². The van der Waals surface area contributed by atoms with E-state index in [0.717, 1.165) is 29.9 Å². The average molecular weight is 278 g/mol. The Kier molecular flexibility index (Phi) is 5.95. The molecule has 5 nitrogen and oxygen atoms in total. The molecule has 0 spiro atoms. The maximum absolute atomic E-state index is 9.35. The van der Waals surface area contributed by atoms with Crippen LogP contribution < -0.4 is 10.6 Å². The van der Waals surface area contributed by atoms with Crippen molar-refractivity contribution in [3.8, 4) is 0 Å². The smallest absolute Gasteiger partial charge is 0.140 e. The molecule has 0 fully saturated rings. The van der Waals surface area contributed by atoms with E-state index in [2.05, 4.69) is 23.7 Å². The number of aliphatic hydroxyl groups excluding tert-OH is 1. The fourth-order valence-corrected chi connectivity index (χ4v) is 2.66. The van der Waals surface area contributed by atoms with Crippen molar-refractivity contribution in [1.29, 1.82) is 5.41 Å². The van der Waals surface area contributed by atoms with Gasteiger partial charge in [0.2, 0.25) is 0 Å². The summed E-state index contributed by atoms with van der Waals surface area (Å²) in [6.45, 7) is 8.68. The molecular weight excluding hydrogens is 252 g/mol. The molecule has 0 aromatic carbocycles. The van der Waals surface area contributed by atoms with Gasteiger partial charge in [0.1, 0.15) is 11.7 Å². The molecule has 0 aliphatic rings. The van der Waals surface area contributed by atoms with Crippen LogP contribution in [-0.2, 0) is 0 Å². The Hall–Kier alpha value is -1.62. The molecule has 0 radical (unpaired) electrons. The zero-order valence-corrected chi connectivity index (χ0v) is 12.9. The molecule has 0 aliphatic heterocycles. The van der Waals surface area contributed by atoms with Gasteiger partial charge < -0.3 is 15.7 Å². The van der Waals surface area contributed by atoms with Crippen molar-refractivity contribution in [2.45, 2.75) is 46.6 Å². The quantitative estimate of drug-likeness (QED) is 0.526. The number of aryl methyl sites for hydroxylation is 2. The number of rotatable bonds is 7. The highest BCUT2D eigenvalue weighted by Gasteiger charge is 2.22. The van der Waals surface area contributed by atoms with Crippen LogP contribution in [0.4, 0.5) is 5.82 Å². The van der Waals surface area contributed by atoms with Crippen molar-refractivity contribution < 1.29 is 5.11 Å². The summed E-state index contributed by atoms with van der Waals surface area (Å²) < 4.78 is 0. The second-order valence-corrected chi connectivity index (χ2v) is 5.08. The number of nitrogen functional groups attached to an aromatic ring is 1. The first-order valence-electron chi connectivity index (χ1n) is 7.16. The third-order valence-electron chi connectivity index (χ3n) is 3.59. The molecule has 0 bridgehead atoms. The fraction of sp³-hybridized carbons (Fsp3) is 0.600. The van der Waals surface area contributed by atoms with Gasteiger partial charge in [-0.25, -0.2) is 4.98 Å². The van der Waals surface area contributed by atoms with Crippen LogP contribution in [-0.4, -0.2) is 35.1 Å². The van der Waals surface area contributed by atoms with Gasteiger partial charge in [-0.15, -0.1) is 0 Å². The number of amidine groups is 1. The van der Waals surface area contributed by atoms with Gasteiger partial charge >= 0.3 is 0 Å². The van der Waals surface area contributed by atoms with Gasteiger partial charge in [-0.3, -0.25) is 5.41 Å². The summed E-state index contributed by atoms with van der Waals surface area (Å²) in [6, 6.07) is 2.22. The maximum atomic E-state index is 9.35. The molecule has 0 saturated carbocycles. The monoisotopic (exact) mass is 278 g/mol. The standard InChI is InChI=1S/C15H26N4O/c1-5-12(6-2)19(7-8-20)15-13(14(16)17)10(3)9-11(4)18-15/h9,12,20H,5-8H2,1-4H3,(H3,16,17). The number of nitrogens with zero attached hydrogens (tertiary/aromatic N) is 2. The van der Waals surface area contributed by atoms with Gasteiger partial charge in [0.25, 0.3) is 0 Å². The first kappa shape index (κ1) is 16.4. The maximum Gasteiger partial charge on any atom is 0.140 e. The first-order chi connectivity index (χ1) is 9.46. The lowest BCUT2D eigenvalue weighted by molar-refractivity contribution is 0.295. The van der Waals surface area contributed by atoms with Crippen LogP contribution in [0.2, 0.25) is 0 Å². The van der Waals surface area contributed by atoms with E-state index in [9.17, 15) is 5.11 Å². The highest BCUT2D eigenvalue weighted by Crippen LogP contribution is 2.25. The predicted octanol–water partition coefficient (Wildman–Crippen LogP) is 1.97. The number of nitrogens with two attached hydrogens (primary N) is 1. The van der Waals surface area contributed by atoms with Gasteiger partial charge in [-0.05, 0) is 38.3 Å². The van der Waals surface area contributed by atoms with Crippen molar-refractivity contribution in [2.75, 3.05) is 18.1 Å². The summed E-state index contributed by atoms with van der Waals surface area (Å²) in [5, 5.41) is 17.2. The van der Waals surface area contributed by atoms with Crippen LogP contribution in [0.1, 0.15) is 43.5 Å². The molecule has 1 rings (SSSR count). The molecule has 112 valence electrons. The summed E-state index contributed by atoms with van der Waals surface area (Å²) in [4.78, 5) is 6.67. The molecular formula is C15H26N4O. The van der Waals surface area contributed by atoms with Crippen LogP contribution in [0.5, 0.6) is 0 Å². The molecule has 0 amide bonds. The zero-order valence-electron chi connectivity index (χ0n) is 12.9. The van der Waals surface area contributed by atoms with Crippen molar-refractivity contribution in [3.63, 3.8) is 0 Å². The molecule has 1 aromatic heterocycles. The fourth-order valence-electron chi connectivity index (χ4n) is 2.66. The van der Waals surface area contributed by atoms with Crippen LogP contribution in [0.25, 0.3) is 0 Å². The molecule has 20 heavy (non-hydrogen) atoms. The number of anilines is 1. The Morgan fingerprint density at radius 2 is 2.00 bits per heavy atom. The first-order valence-corrected chi connectivity index (χ1v) is 7.16. The van der Waals surface area contributed by atoms with E-state index in [0.29, 0.717) is 12.1 Å². The summed E-state index contributed by atoms with van der Waals surface area (Å²) >= 11 is 0. The Labute approximate surface area is 121 Å². The van der Waals surface area contributed by atoms with Gasteiger partial charge in [0.05, 0.1) is 12.2 Å². The van der Waals surface area contributed by atoms with E-state index in [1.807, 2.05) is 19.9 Å². The normalized spacial score (nSPS) is 10.9.